The molecule has 3 aromatic rings. The Labute approximate surface area is 202 Å². The average Bonchev–Trinajstić information content (AvgIpc) is 3.00. The number of amides is 1. The molecule has 9 nitrogen and oxygen atoms in total. The van der Waals surface area contributed by atoms with Gasteiger partial charge in [0.25, 0.3) is 5.91 Å². The molecule has 0 aliphatic heterocycles. The first-order chi connectivity index (χ1) is 16.4. The fourth-order valence-corrected chi connectivity index (χ4v) is 3.53. The number of carboxylic acids is 1. The van der Waals surface area contributed by atoms with Crippen LogP contribution in [0.25, 0.3) is 10.9 Å². The molecule has 0 saturated carbocycles. The summed E-state index contributed by atoms with van der Waals surface area (Å²) in [5.74, 6) is -1.04. The molecule has 0 fully saturated rings. The second kappa shape index (κ2) is 10.9. The maximum Gasteiger partial charge on any atom is 0.323 e. The molecule has 10 heteroatoms. The molecule has 35 heavy (non-hydrogen) atoms. The van der Waals surface area contributed by atoms with Crippen LogP contribution in [-0.4, -0.2) is 51.8 Å². The predicted molar refractivity (Wildman–Crippen MR) is 128 cm³/mol. The number of carbonyl (C=O) groups excluding carboxylic acids is 1. The third-order valence-electron chi connectivity index (χ3n) is 5.05. The van der Waals surface area contributed by atoms with Gasteiger partial charge in [-0.3, -0.25) is 14.9 Å². The Morgan fingerprint density at radius 1 is 1.11 bits per heavy atom. The summed E-state index contributed by atoms with van der Waals surface area (Å²) in [4.78, 5) is 23.7. The molecule has 0 bridgehead atoms. The summed E-state index contributed by atoms with van der Waals surface area (Å²) >= 11 is 0. The van der Waals surface area contributed by atoms with E-state index in [-0.39, 0.29) is 19.0 Å². The van der Waals surface area contributed by atoms with Crippen molar-refractivity contribution in [2.75, 3.05) is 13.1 Å². The summed E-state index contributed by atoms with van der Waals surface area (Å²) in [5.41, 5.74) is 0.987. The lowest BCUT2D eigenvalue weighted by Crippen LogP contribution is -2.41. The third-order valence-corrected chi connectivity index (χ3v) is 5.05. The van der Waals surface area contributed by atoms with Crippen molar-refractivity contribution in [2.45, 2.75) is 46.3 Å². The molecule has 3 rings (SSSR count). The zero-order chi connectivity index (χ0) is 25.8. The number of carboxylic acid groups (broad SMARTS) is 1. The average molecular weight is 488 g/mol. The van der Waals surface area contributed by atoms with Crippen molar-refractivity contribution in [1.82, 2.24) is 15.2 Å². The molecule has 1 unspecified atom stereocenters. The van der Waals surface area contributed by atoms with Crippen molar-refractivity contribution < 1.29 is 33.7 Å². The Kier molecular flexibility index (Phi) is 8.11. The maximum absolute atomic E-state index is 13.9. The van der Waals surface area contributed by atoms with Gasteiger partial charge in [0.05, 0.1) is 16.8 Å². The molecule has 2 aromatic carbocycles. The molecular formula is C25H30FN3O6. The Morgan fingerprint density at radius 2 is 1.80 bits per heavy atom. The van der Waals surface area contributed by atoms with Crippen molar-refractivity contribution in [3.63, 3.8) is 0 Å². The molecule has 188 valence electrons. The molecule has 0 aliphatic rings. The number of benzene rings is 2. The second-order valence-electron chi connectivity index (χ2n) is 8.97. The first-order valence-electron chi connectivity index (χ1n) is 11.1. The van der Waals surface area contributed by atoms with Crippen LogP contribution >= 0.6 is 0 Å². The van der Waals surface area contributed by atoms with E-state index in [2.05, 4.69) is 10.6 Å². The minimum Gasteiger partial charge on any atom is -0.480 e. The fourth-order valence-electron chi connectivity index (χ4n) is 3.53. The molecule has 1 aromatic heterocycles. The second-order valence-corrected chi connectivity index (χ2v) is 8.97. The maximum atomic E-state index is 13.9. The van der Waals surface area contributed by atoms with Crippen molar-refractivity contribution in [3.05, 3.63) is 59.5 Å². The van der Waals surface area contributed by atoms with E-state index in [1.807, 2.05) is 20.8 Å². The van der Waals surface area contributed by atoms with Crippen LogP contribution in [0, 0.1) is 12.7 Å². The third kappa shape index (κ3) is 7.01. The number of fused-ring (bicyclic) bond motifs is 1. The lowest BCUT2D eigenvalue weighted by molar-refractivity contribution is -0.180. The number of rotatable bonds is 10. The van der Waals surface area contributed by atoms with Crippen LogP contribution in [0.15, 0.2) is 42.5 Å². The SMILES string of the molecule is Cc1c(Oc2ccc(C(=O)NCCNC(O)OC(C)(C)C)cc2)c2cc(F)ccc2n1CC(=O)O. The van der Waals surface area contributed by atoms with Crippen LogP contribution in [-0.2, 0) is 16.1 Å². The Bertz CT molecular complexity index is 1200. The zero-order valence-corrected chi connectivity index (χ0v) is 20.1. The summed E-state index contributed by atoms with van der Waals surface area (Å²) < 4.78 is 26.7. The number of nitrogens with zero attached hydrogens (tertiary/aromatic N) is 1. The molecule has 0 radical (unpaired) electrons. The lowest BCUT2D eigenvalue weighted by Gasteiger charge is -2.24. The quantitative estimate of drug-likeness (QED) is 0.255. The van der Waals surface area contributed by atoms with Crippen molar-refractivity contribution in [3.8, 4) is 11.5 Å². The van der Waals surface area contributed by atoms with Crippen LogP contribution in [0.3, 0.4) is 0 Å². The molecule has 0 saturated heterocycles. The van der Waals surface area contributed by atoms with Crippen molar-refractivity contribution in [2.24, 2.45) is 0 Å². The van der Waals surface area contributed by atoms with Gasteiger partial charge < -0.3 is 29.6 Å². The highest BCUT2D eigenvalue weighted by atomic mass is 19.1. The number of aliphatic hydroxyl groups excluding tert-OH is 1. The van der Waals surface area contributed by atoms with E-state index < -0.39 is 23.8 Å². The largest absolute Gasteiger partial charge is 0.480 e. The van der Waals surface area contributed by atoms with Crippen LogP contribution < -0.4 is 15.4 Å². The summed E-state index contributed by atoms with van der Waals surface area (Å²) in [6.07, 6.45) is -1.14. The van der Waals surface area contributed by atoms with Crippen molar-refractivity contribution in [1.29, 1.82) is 0 Å². The number of halogens is 1. The van der Waals surface area contributed by atoms with E-state index in [9.17, 15) is 24.2 Å². The summed E-state index contributed by atoms with van der Waals surface area (Å²) in [6.45, 7) is 7.46. The van der Waals surface area contributed by atoms with E-state index >= 15 is 0 Å². The molecule has 0 aliphatic carbocycles. The Hall–Kier alpha value is -3.47. The Morgan fingerprint density at radius 3 is 2.43 bits per heavy atom. The number of hydrogen-bond donors (Lipinski definition) is 4. The van der Waals surface area contributed by atoms with E-state index in [4.69, 9.17) is 9.47 Å². The van der Waals surface area contributed by atoms with Gasteiger partial charge in [0.2, 0.25) is 6.41 Å². The molecule has 1 atom stereocenters. The highest BCUT2D eigenvalue weighted by Crippen LogP contribution is 2.36. The van der Waals surface area contributed by atoms with E-state index in [1.165, 1.54) is 18.2 Å². The highest BCUT2D eigenvalue weighted by Gasteiger charge is 2.19. The van der Waals surface area contributed by atoms with Crippen LogP contribution in [0.2, 0.25) is 0 Å². The van der Waals surface area contributed by atoms with Crippen molar-refractivity contribution >= 4 is 22.8 Å². The van der Waals surface area contributed by atoms with E-state index in [0.29, 0.717) is 40.2 Å². The zero-order valence-electron chi connectivity index (χ0n) is 20.1. The van der Waals surface area contributed by atoms with E-state index in [1.54, 1.807) is 35.8 Å². The number of aromatic nitrogens is 1. The number of ether oxygens (including phenoxy) is 2. The minimum absolute atomic E-state index is 0.273. The molecule has 4 N–H and O–H groups in total. The first kappa shape index (κ1) is 26.1. The van der Waals surface area contributed by atoms with Gasteiger partial charge in [-0.1, -0.05) is 0 Å². The van der Waals surface area contributed by atoms with Gasteiger partial charge in [0.15, 0.2) is 5.75 Å². The summed E-state index contributed by atoms with van der Waals surface area (Å²) in [6, 6.07) is 10.5. The smallest absolute Gasteiger partial charge is 0.323 e. The molecule has 1 amide bonds. The molecular weight excluding hydrogens is 457 g/mol. The monoisotopic (exact) mass is 487 g/mol. The molecule has 0 spiro atoms. The number of aliphatic carboxylic acids is 1. The highest BCUT2D eigenvalue weighted by molar-refractivity contribution is 5.94. The normalized spacial score (nSPS) is 12.5. The van der Waals surface area contributed by atoms with Crippen LogP contribution in [0.5, 0.6) is 11.5 Å². The van der Waals surface area contributed by atoms with Crippen LogP contribution in [0.4, 0.5) is 4.39 Å². The van der Waals surface area contributed by atoms with Gasteiger partial charge in [-0.15, -0.1) is 0 Å². The van der Waals surface area contributed by atoms with Gasteiger partial charge in [-0.25, -0.2) is 4.39 Å². The number of carbonyl (C=O) groups is 2. The number of nitrogens with one attached hydrogen (secondary N) is 2. The minimum atomic E-state index is -1.14. The van der Waals surface area contributed by atoms with Crippen LogP contribution in [0.1, 0.15) is 36.8 Å². The standard InChI is InChI=1S/C25H30FN3O6/c1-15-22(19-13-17(26)7-10-20(19)29(15)14-21(30)31)34-18-8-5-16(6-9-18)23(32)27-11-12-28-24(33)35-25(2,3)4/h5-10,13,24,28,33H,11-12,14H2,1-4H3,(H,27,32)(H,30,31). The number of hydrogen-bond acceptors (Lipinski definition) is 6. The van der Waals surface area contributed by atoms with Gasteiger partial charge >= 0.3 is 5.97 Å². The van der Waals surface area contributed by atoms with Gasteiger partial charge in [0.1, 0.15) is 18.1 Å². The lowest BCUT2D eigenvalue weighted by atomic mass is 10.2. The van der Waals surface area contributed by atoms with E-state index in [0.717, 1.165) is 0 Å². The number of aliphatic hydroxyl groups is 1. The van der Waals surface area contributed by atoms with Gasteiger partial charge in [-0.05, 0) is 70.2 Å². The summed E-state index contributed by atoms with van der Waals surface area (Å²) in [7, 11) is 0. The van der Waals surface area contributed by atoms with Gasteiger partial charge in [0, 0.05) is 24.0 Å². The molecule has 1 heterocycles. The topological polar surface area (TPSA) is 122 Å². The van der Waals surface area contributed by atoms with Gasteiger partial charge in [-0.2, -0.15) is 0 Å². The summed E-state index contributed by atoms with van der Waals surface area (Å²) in [5, 5.41) is 24.9. The Balaban J connectivity index is 1.64. The predicted octanol–water partition coefficient (Wildman–Crippen LogP) is 3.38. The fraction of sp³-hybridized carbons (Fsp3) is 0.360. The first-order valence-corrected chi connectivity index (χ1v) is 11.1.